The molecule has 0 radical (unpaired) electrons. The summed E-state index contributed by atoms with van der Waals surface area (Å²) in [4.78, 5) is 16.9. The molecular weight excluding hydrogens is 403 g/mol. The number of rotatable bonds is 9. The first kappa shape index (κ1) is 23.1. The quantitative estimate of drug-likeness (QED) is 0.270. The van der Waals surface area contributed by atoms with Crippen molar-refractivity contribution in [1.29, 1.82) is 5.41 Å². The van der Waals surface area contributed by atoms with Gasteiger partial charge in [0.1, 0.15) is 17.3 Å². The molecular formula is C26H29FN4O. The van der Waals surface area contributed by atoms with E-state index in [1.54, 1.807) is 54.7 Å². The Morgan fingerprint density at radius 3 is 2.28 bits per heavy atom. The number of amides is 1. The third-order valence-electron chi connectivity index (χ3n) is 5.33. The van der Waals surface area contributed by atoms with Gasteiger partial charge in [0, 0.05) is 17.4 Å². The molecule has 0 aliphatic heterocycles. The number of nitrogens with one attached hydrogen (secondary N) is 3. The molecule has 0 aliphatic carbocycles. The Morgan fingerprint density at radius 1 is 1.00 bits per heavy atom. The molecule has 1 aromatic heterocycles. The molecule has 0 saturated carbocycles. The van der Waals surface area contributed by atoms with Crippen LogP contribution >= 0.6 is 0 Å². The number of hydrogen-bond acceptors (Lipinski definition) is 4. The zero-order valence-electron chi connectivity index (χ0n) is 18.5. The Balaban J connectivity index is 1.61. The second kappa shape index (κ2) is 11.2. The van der Waals surface area contributed by atoms with Crippen LogP contribution in [0.15, 0.2) is 66.9 Å². The van der Waals surface area contributed by atoms with Crippen LogP contribution in [0.4, 0.5) is 15.8 Å². The second-order valence-corrected chi connectivity index (χ2v) is 7.76. The van der Waals surface area contributed by atoms with Gasteiger partial charge in [-0.3, -0.25) is 15.2 Å². The molecule has 1 heterocycles. The fourth-order valence-electron chi connectivity index (χ4n) is 3.64. The first-order valence-corrected chi connectivity index (χ1v) is 11.0. The Hall–Kier alpha value is -3.54. The van der Waals surface area contributed by atoms with E-state index in [9.17, 15) is 9.18 Å². The Kier molecular flexibility index (Phi) is 8.08. The van der Waals surface area contributed by atoms with E-state index in [1.165, 1.54) is 6.07 Å². The monoisotopic (exact) mass is 432 g/mol. The minimum atomic E-state index is -0.419. The summed E-state index contributed by atoms with van der Waals surface area (Å²) in [5.41, 5.74) is 3.03. The molecule has 0 spiro atoms. The maximum atomic E-state index is 13.8. The average Bonchev–Trinajstić information content (AvgIpc) is 2.81. The Labute approximate surface area is 188 Å². The zero-order valence-corrected chi connectivity index (χ0v) is 18.5. The van der Waals surface area contributed by atoms with Crippen molar-refractivity contribution in [2.75, 3.05) is 5.32 Å². The van der Waals surface area contributed by atoms with Crippen molar-refractivity contribution in [2.24, 2.45) is 0 Å². The van der Waals surface area contributed by atoms with Crippen molar-refractivity contribution in [3.63, 3.8) is 0 Å². The number of benzene rings is 2. The first-order valence-electron chi connectivity index (χ1n) is 11.0. The molecule has 166 valence electrons. The standard InChI is InChI=1S/C26H29FN4O/c1-3-7-18(8-4-2)20-13-16-24(29-17-20)26(32)31-25(28)19-11-14-21(15-12-19)30-23-10-6-5-9-22(23)27/h5-6,9-18,30H,3-4,7-8H2,1-2H3,(H2,28,31,32). The molecule has 0 saturated heterocycles. The summed E-state index contributed by atoms with van der Waals surface area (Å²) >= 11 is 0. The SMILES string of the molecule is CCCC(CCC)c1ccc(C(=O)NC(=N)c2ccc(Nc3ccccc3F)cc2)nc1. The second-order valence-electron chi connectivity index (χ2n) is 7.76. The number of pyridine rings is 1. The molecule has 1 amide bonds. The zero-order chi connectivity index (χ0) is 22.9. The first-order chi connectivity index (χ1) is 15.5. The number of aromatic nitrogens is 1. The molecule has 2 aromatic carbocycles. The number of anilines is 2. The van der Waals surface area contributed by atoms with Gasteiger partial charge in [0.05, 0.1) is 5.69 Å². The molecule has 32 heavy (non-hydrogen) atoms. The van der Waals surface area contributed by atoms with Crippen LogP contribution in [0.2, 0.25) is 0 Å². The van der Waals surface area contributed by atoms with Crippen molar-refractivity contribution in [1.82, 2.24) is 10.3 Å². The van der Waals surface area contributed by atoms with E-state index in [0.29, 0.717) is 22.9 Å². The fraction of sp³-hybridized carbons (Fsp3) is 0.269. The van der Waals surface area contributed by atoms with Gasteiger partial charge >= 0.3 is 0 Å². The summed E-state index contributed by atoms with van der Waals surface area (Å²) in [6.45, 7) is 4.35. The van der Waals surface area contributed by atoms with E-state index >= 15 is 0 Å². The average molecular weight is 433 g/mol. The number of amidine groups is 1. The van der Waals surface area contributed by atoms with E-state index < -0.39 is 5.91 Å². The van der Waals surface area contributed by atoms with E-state index in [4.69, 9.17) is 5.41 Å². The highest BCUT2D eigenvalue weighted by Crippen LogP contribution is 2.25. The lowest BCUT2D eigenvalue weighted by molar-refractivity contribution is 0.0972. The van der Waals surface area contributed by atoms with Crippen LogP contribution in [-0.2, 0) is 0 Å². The lowest BCUT2D eigenvalue weighted by atomic mass is 9.91. The molecule has 0 unspecified atom stereocenters. The molecule has 3 N–H and O–H groups in total. The predicted molar refractivity (Wildman–Crippen MR) is 127 cm³/mol. The normalized spacial score (nSPS) is 10.8. The van der Waals surface area contributed by atoms with Gasteiger partial charge in [-0.15, -0.1) is 0 Å². The minimum Gasteiger partial charge on any atom is -0.353 e. The number of carbonyl (C=O) groups is 1. The van der Waals surface area contributed by atoms with Crippen molar-refractivity contribution in [2.45, 2.75) is 45.4 Å². The van der Waals surface area contributed by atoms with E-state index in [-0.39, 0.29) is 17.3 Å². The number of carbonyl (C=O) groups excluding carboxylic acids is 1. The molecule has 0 fully saturated rings. The molecule has 0 aliphatic rings. The van der Waals surface area contributed by atoms with E-state index in [1.807, 2.05) is 6.07 Å². The highest BCUT2D eigenvalue weighted by atomic mass is 19.1. The summed E-state index contributed by atoms with van der Waals surface area (Å²) in [6.07, 6.45) is 6.20. The largest absolute Gasteiger partial charge is 0.353 e. The van der Waals surface area contributed by atoms with Crippen LogP contribution in [0.1, 0.15) is 67.1 Å². The molecule has 6 heteroatoms. The van der Waals surface area contributed by atoms with Gasteiger partial charge in [-0.1, -0.05) is 44.9 Å². The molecule has 0 atom stereocenters. The number of para-hydroxylation sites is 1. The Morgan fingerprint density at radius 2 is 1.69 bits per heavy atom. The van der Waals surface area contributed by atoms with Crippen LogP contribution in [-0.4, -0.2) is 16.7 Å². The lowest BCUT2D eigenvalue weighted by Gasteiger charge is -2.15. The third-order valence-corrected chi connectivity index (χ3v) is 5.33. The third kappa shape index (κ3) is 6.00. The van der Waals surface area contributed by atoms with Crippen molar-refractivity contribution in [3.8, 4) is 0 Å². The molecule has 3 rings (SSSR count). The van der Waals surface area contributed by atoms with Crippen LogP contribution < -0.4 is 10.6 Å². The number of hydrogen-bond donors (Lipinski definition) is 3. The van der Waals surface area contributed by atoms with Crippen molar-refractivity contribution >= 4 is 23.1 Å². The highest BCUT2D eigenvalue weighted by Gasteiger charge is 2.14. The summed E-state index contributed by atoms with van der Waals surface area (Å²) in [6, 6.07) is 17.0. The van der Waals surface area contributed by atoms with Gasteiger partial charge in [-0.2, -0.15) is 0 Å². The van der Waals surface area contributed by atoms with Crippen LogP contribution in [0.3, 0.4) is 0 Å². The van der Waals surface area contributed by atoms with Gasteiger partial charge in [0.15, 0.2) is 0 Å². The summed E-state index contributed by atoms with van der Waals surface area (Å²) in [5.74, 6) is -0.319. The van der Waals surface area contributed by atoms with E-state index in [2.05, 4.69) is 29.5 Å². The Bertz CT molecular complexity index is 1040. The van der Waals surface area contributed by atoms with Crippen LogP contribution in [0.5, 0.6) is 0 Å². The summed E-state index contributed by atoms with van der Waals surface area (Å²) in [5, 5.41) is 13.8. The predicted octanol–water partition coefficient (Wildman–Crippen LogP) is 6.40. The lowest BCUT2D eigenvalue weighted by Crippen LogP contribution is -2.31. The smallest absolute Gasteiger partial charge is 0.275 e. The minimum absolute atomic E-state index is 0.0202. The summed E-state index contributed by atoms with van der Waals surface area (Å²) in [7, 11) is 0. The topological polar surface area (TPSA) is 77.9 Å². The molecule has 0 bridgehead atoms. The van der Waals surface area contributed by atoms with Gasteiger partial charge < -0.3 is 10.6 Å². The fourth-order valence-corrected chi connectivity index (χ4v) is 3.64. The molecule has 3 aromatic rings. The van der Waals surface area contributed by atoms with Gasteiger partial charge in [0.25, 0.3) is 5.91 Å². The van der Waals surface area contributed by atoms with E-state index in [0.717, 1.165) is 31.2 Å². The molecule has 5 nitrogen and oxygen atoms in total. The number of halogens is 1. The maximum Gasteiger partial charge on any atom is 0.275 e. The summed E-state index contributed by atoms with van der Waals surface area (Å²) < 4.78 is 13.8. The van der Waals surface area contributed by atoms with Gasteiger partial charge in [-0.25, -0.2) is 4.39 Å². The van der Waals surface area contributed by atoms with Crippen LogP contribution in [0, 0.1) is 11.2 Å². The maximum absolute atomic E-state index is 13.8. The number of nitrogens with zero attached hydrogens (tertiary/aromatic N) is 1. The van der Waals surface area contributed by atoms with Gasteiger partial charge in [-0.05, 0) is 66.8 Å². The van der Waals surface area contributed by atoms with Crippen molar-refractivity contribution < 1.29 is 9.18 Å². The highest BCUT2D eigenvalue weighted by molar-refractivity contribution is 6.10. The van der Waals surface area contributed by atoms with Crippen LogP contribution in [0.25, 0.3) is 0 Å². The van der Waals surface area contributed by atoms with Crippen molar-refractivity contribution in [3.05, 3.63) is 89.5 Å². The van der Waals surface area contributed by atoms with Gasteiger partial charge in [0.2, 0.25) is 0 Å².